The van der Waals surface area contributed by atoms with Crippen molar-refractivity contribution < 1.29 is 0 Å². The summed E-state index contributed by atoms with van der Waals surface area (Å²) in [6.45, 7) is 0. The average molecular weight is 759 g/mol. The van der Waals surface area contributed by atoms with E-state index in [1.807, 2.05) is 0 Å². The van der Waals surface area contributed by atoms with Crippen LogP contribution >= 0.6 is 0 Å². The van der Waals surface area contributed by atoms with Crippen molar-refractivity contribution in [2.24, 2.45) is 0 Å². The summed E-state index contributed by atoms with van der Waals surface area (Å²) < 4.78 is 0. The lowest BCUT2D eigenvalue weighted by molar-refractivity contribution is 1.55. The van der Waals surface area contributed by atoms with E-state index < -0.39 is 0 Å². The molecular weight excluding hydrogens is 721 g/mol. The van der Waals surface area contributed by atoms with Gasteiger partial charge in [-0.3, -0.25) is 0 Å². The van der Waals surface area contributed by atoms with E-state index in [0.29, 0.717) is 0 Å². The molecule has 0 nitrogen and oxygen atoms in total. The molecule has 0 N–H and O–H groups in total. The number of hydrogen-bond acceptors (Lipinski definition) is 0. The average Bonchev–Trinajstić information content (AvgIpc) is 3.33. The number of fused-ring (bicyclic) bond motifs is 10. The summed E-state index contributed by atoms with van der Waals surface area (Å²) in [6.07, 6.45) is 0. The standard InChI is InChI=1S/C60H38/c1-3-11-39(12-4-1)47-31-49(45-21-19-43-25-27-55-53-17-9-7-15-41(53)23-29-57(55)59(43)37-45)35-51(33-47)52-34-48(40-13-5-2-6-14-40)32-50(36-52)46-22-20-44-26-28-56-54-18-10-8-16-42(54)24-30-58(56)60(44)38-46/h1-38H. The molecule has 0 aliphatic heterocycles. The molecule has 0 saturated carbocycles. The van der Waals surface area contributed by atoms with E-state index in [1.54, 1.807) is 0 Å². The van der Waals surface area contributed by atoms with E-state index in [4.69, 9.17) is 0 Å². The van der Waals surface area contributed by atoms with Gasteiger partial charge >= 0.3 is 0 Å². The van der Waals surface area contributed by atoms with Crippen molar-refractivity contribution in [3.8, 4) is 55.6 Å². The van der Waals surface area contributed by atoms with E-state index in [9.17, 15) is 0 Å². The third kappa shape index (κ3) is 5.84. The van der Waals surface area contributed by atoms with Crippen molar-refractivity contribution in [1.29, 1.82) is 0 Å². The first kappa shape index (κ1) is 34.3. The van der Waals surface area contributed by atoms with Crippen LogP contribution < -0.4 is 0 Å². The van der Waals surface area contributed by atoms with Crippen LogP contribution in [0.25, 0.3) is 120 Å². The Hall–Kier alpha value is -7.80. The molecule has 0 heterocycles. The van der Waals surface area contributed by atoms with Gasteiger partial charge in [-0.1, -0.05) is 182 Å². The summed E-state index contributed by atoms with van der Waals surface area (Å²) in [6, 6.07) is 85.4. The van der Waals surface area contributed by atoms with Crippen molar-refractivity contribution in [2.75, 3.05) is 0 Å². The number of benzene rings is 12. The maximum atomic E-state index is 2.40. The lowest BCUT2D eigenvalue weighted by Crippen LogP contribution is -1.90. The van der Waals surface area contributed by atoms with Gasteiger partial charge in [0.15, 0.2) is 0 Å². The summed E-state index contributed by atoms with van der Waals surface area (Å²) in [4.78, 5) is 0. The van der Waals surface area contributed by atoms with Gasteiger partial charge in [0, 0.05) is 0 Å². The molecule has 278 valence electrons. The van der Waals surface area contributed by atoms with Gasteiger partial charge in [-0.15, -0.1) is 0 Å². The van der Waals surface area contributed by atoms with Gasteiger partial charge in [0.05, 0.1) is 0 Å². The highest BCUT2D eigenvalue weighted by Crippen LogP contribution is 2.41. The van der Waals surface area contributed by atoms with Crippen LogP contribution in [0.2, 0.25) is 0 Å². The van der Waals surface area contributed by atoms with E-state index in [2.05, 4.69) is 231 Å². The van der Waals surface area contributed by atoms with Crippen LogP contribution in [0.1, 0.15) is 0 Å². The van der Waals surface area contributed by atoms with E-state index in [-0.39, 0.29) is 0 Å². The predicted octanol–water partition coefficient (Wildman–Crippen LogP) is 16.9. The second-order valence-electron chi connectivity index (χ2n) is 16.1. The Kier molecular flexibility index (Phi) is 7.96. The maximum Gasteiger partial charge on any atom is -0.00987 e. The fourth-order valence-electron chi connectivity index (χ4n) is 9.51. The van der Waals surface area contributed by atoms with Crippen LogP contribution in [0.3, 0.4) is 0 Å². The Balaban J connectivity index is 1.06. The molecule has 12 rings (SSSR count). The van der Waals surface area contributed by atoms with Crippen molar-refractivity contribution >= 4 is 64.6 Å². The molecule has 0 aromatic heterocycles. The molecule has 12 aromatic carbocycles. The Morgan fingerprint density at radius 2 is 0.417 bits per heavy atom. The summed E-state index contributed by atoms with van der Waals surface area (Å²) in [7, 11) is 0. The molecule has 60 heavy (non-hydrogen) atoms. The minimum absolute atomic E-state index is 1.19. The second kappa shape index (κ2) is 13.9. The molecule has 12 aromatic rings. The first-order valence-corrected chi connectivity index (χ1v) is 20.8. The van der Waals surface area contributed by atoms with Gasteiger partial charge in [-0.25, -0.2) is 0 Å². The Morgan fingerprint density at radius 1 is 0.133 bits per heavy atom. The molecule has 0 bridgehead atoms. The second-order valence-corrected chi connectivity index (χ2v) is 16.1. The third-order valence-corrected chi connectivity index (χ3v) is 12.6. The first-order valence-electron chi connectivity index (χ1n) is 20.8. The minimum atomic E-state index is 1.19. The quantitative estimate of drug-likeness (QED) is 0.153. The van der Waals surface area contributed by atoms with Crippen LogP contribution in [0.4, 0.5) is 0 Å². The Labute approximate surface area is 349 Å². The molecule has 0 spiro atoms. The van der Waals surface area contributed by atoms with Crippen LogP contribution in [-0.2, 0) is 0 Å². The van der Waals surface area contributed by atoms with Crippen molar-refractivity contribution in [3.05, 3.63) is 231 Å². The minimum Gasteiger partial charge on any atom is -0.0622 e. The fourth-order valence-corrected chi connectivity index (χ4v) is 9.51. The number of hydrogen-bond donors (Lipinski definition) is 0. The highest BCUT2D eigenvalue weighted by molar-refractivity contribution is 6.19. The van der Waals surface area contributed by atoms with Crippen molar-refractivity contribution in [3.63, 3.8) is 0 Å². The van der Waals surface area contributed by atoms with E-state index >= 15 is 0 Å². The van der Waals surface area contributed by atoms with Crippen LogP contribution in [0.5, 0.6) is 0 Å². The first-order chi connectivity index (χ1) is 29.7. The molecule has 0 amide bonds. The van der Waals surface area contributed by atoms with Gasteiger partial charge in [-0.05, 0) is 169 Å². The molecule has 0 fully saturated rings. The largest absolute Gasteiger partial charge is 0.0622 e. The smallest absolute Gasteiger partial charge is 0.00987 e. The van der Waals surface area contributed by atoms with Crippen molar-refractivity contribution in [2.45, 2.75) is 0 Å². The van der Waals surface area contributed by atoms with Gasteiger partial charge in [0.1, 0.15) is 0 Å². The molecule has 0 unspecified atom stereocenters. The molecule has 0 radical (unpaired) electrons. The Bertz CT molecular complexity index is 3390. The monoisotopic (exact) mass is 758 g/mol. The topological polar surface area (TPSA) is 0 Å². The molecule has 0 aliphatic rings. The third-order valence-electron chi connectivity index (χ3n) is 12.6. The van der Waals surface area contributed by atoms with Crippen LogP contribution in [-0.4, -0.2) is 0 Å². The lowest BCUT2D eigenvalue weighted by atomic mass is 9.88. The van der Waals surface area contributed by atoms with Gasteiger partial charge in [0.2, 0.25) is 0 Å². The summed E-state index contributed by atoms with van der Waals surface area (Å²) >= 11 is 0. The summed E-state index contributed by atoms with van der Waals surface area (Å²) in [5.74, 6) is 0. The van der Waals surface area contributed by atoms with Crippen LogP contribution in [0.15, 0.2) is 231 Å². The maximum absolute atomic E-state index is 2.40. The molecular formula is C60H38. The SMILES string of the molecule is c1ccc(-c2cc(-c3cc(-c4ccccc4)cc(-c4ccc5ccc6c7ccccc7ccc6c5c4)c3)cc(-c3ccc4ccc5c6ccccc6ccc5c4c3)c2)cc1. The van der Waals surface area contributed by atoms with E-state index in [1.165, 1.54) is 120 Å². The number of rotatable bonds is 5. The fraction of sp³-hybridized carbons (Fsp3) is 0. The summed E-state index contributed by atoms with van der Waals surface area (Å²) in [5, 5.41) is 15.3. The molecule has 0 aliphatic carbocycles. The van der Waals surface area contributed by atoms with Crippen molar-refractivity contribution in [1.82, 2.24) is 0 Å². The molecule has 0 atom stereocenters. The molecule has 0 heteroatoms. The summed E-state index contributed by atoms with van der Waals surface area (Å²) in [5.41, 5.74) is 12.0. The normalized spacial score (nSPS) is 11.7. The zero-order valence-corrected chi connectivity index (χ0v) is 32.9. The zero-order chi connectivity index (χ0) is 39.6. The Morgan fingerprint density at radius 3 is 0.817 bits per heavy atom. The van der Waals surface area contributed by atoms with Crippen LogP contribution in [0, 0.1) is 0 Å². The highest BCUT2D eigenvalue weighted by atomic mass is 14.2. The van der Waals surface area contributed by atoms with Gasteiger partial charge in [0.25, 0.3) is 0 Å². The predicted molar refractivity (Wildman–Crippen MR) is 259 cm³/mol. The molecule has 0 saturated heterocycles. The highest BCUT2D eigenvalue weighted by Gasteiger charge is 2.14. The van der Waals surface area contributed by atoms with Gasteiger partial charge in [-0.2, -0.15) is 0 Å². The zero-order valence-electron chi connectivity index (χ0n) is 32.9. The lowest BCUT2D eigenvalue weighted by Gasteiger charge is -2.16. The van der Waals surface area contributed by atoms with E-state index in [0.717, 1.165) is 0 Å². The van der Waals surface area contributed by atoms with Gasteiger partial charge < -0.3 is 0 Å².